The fourth-order valence-electron chi connectivity index (χ4n) is 3.05. The van der Waals surface area contributed by atoms with E-state index in [0.717, 1.165) is 37.2 Å². The quantitative estimate of drug-likeness (QED) is 0.906. The zero-order valence-electron chi connectivity index (χ0n) is 12.9. The van der Waals surface area contributed by atoms with Crippen molar-refractivity contribution in [3.63, 3.8) is 0 Å². The molecule has 0 aromatic heterocycles. The summed E-state index contributed by atoms with van der Waals surface area (Å²) in [6, 6.07) is 16.2. The molecule has 0 radical (unpaired) electrons. The van der Waals surface area contributed by atoms with Gasteiger partial charge in [-0.1, -0.05) is 43.3 Å². The van der Waals surface area contributed by atoms with Crippen LogP contribution in [-0.4, -0.2) is 12.5 Å². The standard InChI is InChI=1S/C19H22N2O/c1-2-18(15-6-4-3-5-7-15)19(22)21-17-9-8-14-10-11-20-13-16(14)12-17/h3-9,12,18,20H,2,10-11,13H2,1H3,(H,21,22). The van der Waals surface area contributed by atoms with E-state index >= 15 is 0 Å². The van der Waals surface area contributed by atoms with Crippen molar-refractivity contribution in [2.45, 2.75) is 32.2 Å². The van der Waals surface area contributed by atoms with Gasteiger partial charge in [0.1, 0.15) is 0 Å². The molecular weight excluding hydrogens is 272 g/mol. The first-order valence-corrected chi connectivity index (χ1v) is 7.96. The molecule has 1 unspecified atom stereocenters. The van der Waals surface area contributed by atoms with Crippen LogP contribution in [0.3, 0.4) is 0 Å². The Labute approximate surface area is 131 Å². The van der Waals surface area contributed by atoms with Gasteiger partial charge in [-0.2, -0.15) is 0 Å². The van der Waals surface area contributed by atoms with Crippen LogP contribution in [0.25, 0.3) is 0 Å². The molecule has 22 heavy (non-hydrogen) atoms. The van der Waals surface area contributed by atoms with Gasteiger partial charge in [0.15, 0.2) is 0 Å². The van der Waals surface area contributed by atoms with E-state index in [1.807, 2.05) is 43.3 Å². The third-order valence-electron chi connectivity index (χ3n) is 4.29. The fraction of sp³-hybridized carbons (Fsp3) is 0.316. The van der Waals surface area contributed by atoms with Crippen molar-refractivity contribution in [2.75, 3.05) is 11.9 Å². The number of anilines is 1. The maximum Gasteiger partial charge on any atom is 0.231 e. The molecule has 0 saturated heterocycles. The number of carbonyl (C=O) groups excluding carboxylic acids is 1. The third kappa shape index (κ3) is 3.20. The first-order chi connectivity index (χ1) is 10.8. The lowest BCUT2D eigenvalue weighted by Crippen LogP contribution is -2.24. The van der Waals surface area contributed by atoms with Gasteiger partial charge in [0, 0.05) is 12.2 Å². The van der Waals surface area contributed by atoms with Gasteiger partial charge < -0.3 is 10.6 Å². The lowest BCUT2D eigenvalue weighted by atomic mass is 9.95. The summed E-state index contributed by atoms with van der Waals surface area (Å²) < 4.78 is 0. The molecule has 0 fully saturated rings. The molecule has 2 aromatic rings. The molecule has 1 heterocycles. The lowest BCUT2D eigenvalue weighted by Gasteiger charge is -2.19. The minimum Gasteiger partial charge on any atom is -0.326 e. The average molecular weight is 294 g/mol. The molecule has 1 aliphatic heterocycles. The van der Waals surface area contributed by atoms with Crippen LogP contribution in [0.15, 0.2) is 48.5 Å². The summed E-state index contributed by atoms with van der Waals surface area (Å²) in [6.07, 6.45) is 1.85. The van der Waals surface area contributed by atoms with Gasteiger partial charge in [-0.05, 0) is 48.2 Å². The van der Waals surface area contributed by atoms with E-state index in [2.05, 4.69) is 22.8 Å². The molecule has 0 bridgehead atoms. The largest absolute Gasteiger partial charge is 0.326 e. The lowest BCUT2D eigenvalue weighted by molar-refractivity contribution is -0.117. The minimum atomic E-state index is -0.102. The molecule has 3 nitrogen and oxygen atoms in total. The summed E-state index contributed by atoms with van der Waals surface area (Å²) in [5.41, 5.74) is 4.63. The van der Waals surface area contributed by atoms with E-state index in [4.69, 9.17) is 0 Å². The highest BCUT2D eigenvalue weighted by Crippen LogP contribution is 2.23. The van der Waals surface area contributed by atoms with Crippen molar-refractivity contribution in [1.82, 2.24) is 5.32 Å². The molecule has 1 atom stereocenters. The second kappa shape index (κ2) is 6.75. The predicted molar refractivity (Wildman–Crippen MR) is 90.0 cm³/mol. The molecule has 114 valence electrons. The highest BCUT2D eigenvalue weighted by Gasteiger charge is 2.19. The Hall–Kier alpha value is -2.13. The molecule has 1 amide bonds. The summed E-state index contributed by atoms with van der Waals surface area (Å²) in [5, 5.41) is 6.44. The zero-order valence-corrected chi connectivity index (χ0v) is 12.9. The highest BCUT2D eigenvalue weighted by molar-refractivity contribution is 5.95. The van der Waals surface area contributed by atoms with Crippen LogP contribution in [-0.2, 0) is 17.8 Å². The summed E-state index contributed by atoms with van der Waals surface area (Å²) in [5.74, 6) is -0.0345. The molecule has 0 aliphatic carbocycles. The Bertz CT molecular complexity index is 652. The molecular formula is C19H22N2O. The van der Waals surface area contributed by atoms with Gasteiger partial charge in [-0.15, -0.1) is 0 Å². The van der Waals surface area contributed by atoms with Crippen molar-refractivity contribution in [1.29, 1.82) is 0 Å². The first-order valence-electron chi connectivity index (χ1n) is 7.96. The molecule has 2 N–H and O–H groups in total. The molecule has 0 spiro atoms. The number of amides is 1. The number of hydrogen-bond donors (Lipinski definition) is 2. The normalized spacial score (nSPS) is 15.0. The van der Waals surface area contributed by atoms with Crippen LogP contribution >= 0.6 is 0 Å². The number of carbonyl (C=O) groups is 1. The third-order valence-corrected chi connectivity index (χ3v) is 4.29. The van der Waals surface area contributed by atoms with Crippen LogP contribution in [0.5, 0.6) is 0 Å². The molecule has 1 aliphatic rings. The predicted octanol–water partition coefficient (Wildman–Crippen LogP) is 3.46. The Kier molecular flexibility index (Phi) is 4.54. The number of hydrogen-bond acceptors (Lipinski definition) is 2. The van der Waals surface area contributed by atoms with Gasteiger partial charge >= 0.3 is 0 Å². The highest BCUT2D eigenvalue weighted by atomic mass is 16.1. The first kappa shape index (κ1) is 14.8. The topological polar surface area (TPSA) is 41.1 Å². The van der Waals surface area contributed by atoms with Gasteiger partial charge in [-0.3, -0.25) is 4.79 Å². The van der Waals surface area contributed by atoms with E-state index < -0.39 is 0 Å². The average Bonchev–Trinajstić information content (AvgIpc) is 2.56. The van der Waals surface area contributed by atoms with E-state index in [1.54, 1.807) is 0 Å². The number of benzene rings is 2. The van der Waals surface area contributed by atoms with Crippen molar-refractivity contribution in [2.24, 2.45) is 0 Å². The van der Waals surface area contributed by atoms with Gasteiger partial charge in [-0.25, -0.2) is 0 Å². The Morgan fingerprint density at radius 1 is 1.18 bits per heavy atom. The molecule has 2 aromatic carbocycles. The van der Waals surface area contributed by atoms with Crippen LogP contribution in [0.2, 0.25) is 0 Å². The second-order valence-corrected chi connectivity index (χ2v) is 5.77. The molecule has 3 rings (SSSR count). The fourth-order valence-corrected chi connectivity index (χ4v) is 3.05. The Balaban J connectivity index is 1.76. The van der Waals surface area contributed by atoms with Crippen molar-refractivity contribution < 1.29 is 4.79 Å². The number of fused-ring (bicyclic) bond motifs is 1. The van der Waals surface area contributed by atoms with Gasteiger partial charge in [0.2, 0.25) is 5.91 Å². The minimum absolute atomic E-state index is 0.0671. The van der Waals surface area contributed by atoms with Crippen molar-refractivity contribution in [3.8, 4) is 0 Å². The summed E-state index contributed by atoms with van der Waals surface area (Å²) in [4.78, 5) is 12.6. The van der Waals surface area contributed by atoms with Crippen LogP contribution in [0.4, 0.5) is 5.69 Å². The van der Waals surface area contributed by atoms with E-state index in [-0.39, 0.29) is 11.8 Å². The van der Waals surface area contributed by atoms with Crippen LogP contribution in [0.1, 0.15) is 36.0 Å². The summed E-state index contributed by atoms with van der Waals surface area (Å²) in [7, 11) is 0. The van der Waals surface area contributed by atoms with Crippen LogP contribution < -0.4 is 10.6 Å². The number of nitrogens with one attached hydrogen (secondary N) is 2. The smallest absolute Gasteiger partial charge is 0.231 e. The zero-order chi connectivity index (χ0) is 15.4. The van der Waals surface area contributed by atoms with Crippen molar-refractivity contribution in [3.05, 3.63) is 65.2 Å². The van der Waals surface area contributed by atoms with Gasteiger partial charge in [0.25, 0.3) is 0 Å². The molecule has 3 heteroatoms. The van der Waals surface area contributed by atoms with E-state index in [0.29, 0.717) is 0 Å². The SMILES string of the molecule is CCC(C(=O)Nc1ccc2c(c1)CNCC2)c1ccccc1. The van der Waals surface area contributed by atoms with E-state index in [9.17, 15) is 4.79 Å². The second-order valence-electron chi connectivity index (χ2n) is 5.77. The maximum absolute atomic E-state index is 12.6. The van der Waals surface area contributed by atoms with E-state index in [1.165, 1.54) is 11.1 Å². The summed E-state index contributed by atoms with van der Waals surface area (Å²) in [6.45, 7) is 3.97. The summed E-state index contributed by atoms with van der Waals surface area (Å²) >= 11 is 0. The van der Waals surface area contributed by atoms with Crippen molar-refractivity contribution >= 4 is 11.6 Å². The number of rotatable bonds is 4. The van der Waals surface area contributed by atoms with Crippen LogP contribution in [0, 0.1) is 0 Å². The Morgan fingerprint density at radius 2 is 2.00 bits per heavy atom. The Morgan fingerprint density at radius 3 is 2.77 bits per heavy atom. The monoisotopic (exact) mass is 294 g/mol. The van der Waals surface area contributed by atoms with Gasteiger partial charge in [0.05, 0.1) is 5.92 Å². The molecule has 0 saturated carbocycles. The maximum atomic E-state index is 12.6.